The average molecular weight is 301 g/mol. The van der Waals surface area contributed by atoms with Crippen LogP contribution in [0.4, 0.5) is 5.69 Å². The van der Waals surface area contributed by atoms with Gasteiger partial charge in [-0.3, -0.25) is 4.98 Å². The third kappa shape index (κ3) is 5.16. The molecule has 0 radical (unpaired) electrons. The Labute approximate surface area is 133 Å². The van der Waals surface area contributed by atoms with Gasteiger partial charge in [-0.05, 0) is 31.6 Å². The molecule has 1 aromatic heterocycles. The Morgan fingerprint density at radius 2 is 2.18 bits per heavy atom. The Kier molecular flexibility index (Phi) is 6.43. The fourth-order valence-electron chi connectivity index (χ4n) is 2.24. The molecule has 0 saturated carbocycles. The number of nitrogens with zero attached hydrogens (tertiary/aromatic N) is 1. The zero-order valence-electron chi connectivity index (χ0n) is 13.7. The molecule has 0 spiro atoms. The van der Waals surface area contributed by atoms with E-state index < -0.39 is 0 Å². The standard InChI is InChI=1S/C17H27N5/c1-4-14(22-18-3)6-5-13(2)9-15-7-8-16(12-20-15)21-17-10-19-11-17/h5-8,12,17-19,21-22H,4,9-11H2,1-3H3/b13-5+,14-6+. The number of pyridine rings is 1. The second-order valence-electron chi connectivity index (χ2n) is 5.65. The quantitative estimate of drug-likeness (QED) is 0.437. The number of hydrazine groups is 1. The molecule has 2 rings (SSSR count). The summed E-state index contributed by atoms with van der Waals surface area (Å²) in [6, 6.07) is 4.76. The van der Waals surface area contributed by atoms with Gasteiger partial charge in [-0.1, -0.05) is 18.6 Å². The first-order valence-corrected chi connectivity index (χ1v) is 7.92. The molecular weight excluding hydrogens is 274 g/mol. The number of hydrogen-bond donors (Lipinski definition) is 4. The van der Waals surface area contributed by atoms with E-state index in [1.54, 1.807) is 0 Å². The van der Waals surface area contributed by atoms with Crippen LogP contribution in [0.5, 0.6) is 0 Å². The van der Waals surface area contributed by atoms with E-state index in [0.29, 0.717) is 6.04 Å². The molecule has 1 aromatic rings. The summed E-state index contributed by atoms with van der Waals surface area (Å²) in [5, 5.41) is 6.71. The molecule has 1 aliphatic rings. The summed E-state index contributed by atoms with van der Waals surface area (Å²) in [6.07, 6.45) is 8.04. The first kappa shape index (κ1) is 16.5. The number of aromatic nitrogens is 1. The molecule has 5 nitrogen and oxygen atoms in total. The van der Waals surface area contributed by atoms with Crippen LogP contribution < -0.4 is 21.5 Å². The van der Waals surface area contributed by atoms with Crippen molar-refractivity contribution in [2.75, 3.05) is 25.5 Å². The van der Waals surface area contributed by atoms with E-state index in [0.717, 1.165) is 37.3 Å². The summed E-state index contributed by atoms with van der Waals surface area (Å²) < 4.78 is 0. The van der Waals surface area contributed by atoms with Gasteiger partial charge in [-0.2, -0.15) is 0 Å². The molecule has 5 heteroatoms. The van der Waals surface area contributed by atoms with Gasteiger partial charge in [0.25, 0.3) is 0 Å². The SMILES string of the molecule is CC/C(=C\C=C(/C)Cc1ccc(NC2CNC2)cn1)NNC. The van der Waals surface area contributed by atoms with Crippen molar-refractivity contribution >= 4 is 5.69 Å². The Hall–Kier alpha value is -1.85. The molecule has 1 aliphatic heterocycles. The van der Waals surface area contributed by atoms with Gasteiger partial charge >= 0.3 is 0 Å². The van der Waals surface area contributed by atoms with E-state index in [4.69, 9.17) is 0 Å². The Morgan fingerprint density at radius 3 is 2.73 bits per heavy atom. The number of rotatable bonds is 8. The maximum atomic E-state index is 4.54. The zero-order chi connectivity index (χ0) is 15.8. The topological polar surface area (TPSA) is 61.0 Å². The minimum atomic E-state index is 0.548. The van der Waals surface area contributed by atoms with Crippen molar-refractivity contribution in [1.29, 1.82) is 0 Å². The maximum Gasteiger partial charge on any atom is 0.0529 e. The predicted molar refractivity (Wildman–Crippen MR) is 92.5 cm³/mol. The highest BCUT2D eigenvalue weighted by molar-refractivity contribution is 5.43. The molecule has 0 unspecified atom stereocenters. The van der Waals surface area contributed by atoms with Gasteiger partial charge in [-0.15, -0.1) is 0 Å². The minimum Gasteiger partial charge on any atom is -0.379 e. The molecule has 1 saturated heterocycles. The third-order valence-corrected chi connectivity index (χ3v) is 3.67. The maximum absolute atomic E-state index is 4.54. The highest BCUT2D eigenvalue weighted by Crippen LogP contribution is 2.12. The van der Waals surface area contributed by atoms with Crippen LogP contribution in [-0.4, -0.2) is 31.2 Å². The highest BCUT2D eigenvalue weighted by Gasteiger charge is 2.15. The third-order valence-electron chi connectivity index (χ3n) is 3.67. The summed E-state index contributed by atoms with van der Waals surface area (Å²) in [7, 11) is 1.87. The van der Waals surface area contributed by atoms with Gasteiger partial charge in [0, 0.05) is 37.9 Å². The van der Waals surface area contributed by atoms with E-state index in [1.165, 1.54) is 11.3 Å². The van der Waals surface area contributed by atoms with Crippen LogP contribution in [0, 0.1) is 0 Å². The van der Waals surface area contributed by atoms with Crippen LogP contribution in [0.3, 0.4) is 0 Å². The summed E-state index contributed by atoms with van der Waals surface area (Å²) in [4.78, 5) is 4.54. The first-order chi connectivity index (χ1) is 10.7. The van der Waals surface area contributed by atoms with E-state index >= 15 is 0 Å². The number of allylic oxidation sites excluding steroid dienone is 4. The monoisotopic (exact) mass is 301 g/mol. The summed E-state index contributed by atoms with van der Waals surface area (Å²) in [5.41, 5.74) is 10.7. The Balaban J connectivity index is 1.88. The van der Waals surface area contributed by atoms with E-state index in [1.807, 2.05) is 13.2 Å². The molecular formula is C17H27N5. The predicted octanol–water partition coefficient (Wildman–Crippen LogP) is 1.97. The van der Waals surface area contributed by atoms with Crippen molar-refractivity contribution in [3.8, 4) is 0 Å². The fraction of sp³-hybridized carbons (Fsp3) is 0.471. The molecule has 4 N–H and O–H groups in total. The highest BCUT2D eigenvalue weighted by atomic mass is 15.3. The molecule has 0 aromatic carbocycles. The average Bonchev–Trinajstić information content (AvgIpc) is 2.49. The lowest BCUT2D eigenvalue weighted by Gasteiger charge is -2.28. The van der Waals surface area contributed by atoms with Gasteiger partial charge in [0.1, 0.15) is 0 Å². The number of anilines is 1. The van der Waals surface area contributed by atoms with Crippen molar-refractivity contribution < 1.29 is 0 Å². The Morgan fingerprint density at radius 1 is 1.36 bits per heavy atom. The zero-order valence-corrected chi connectivity index (χ0v) is 13.7. The van der Waals surface area contributed by atoms with Crippen LogP contribution >= 0.6 is 0 Å². The lowest BCUT2D eigenvalue weighted by molar-refractivity contribution is 0.472. The molecule has 0 bridgehead atoms. The number of nitrogens with one attached hydrogen (secondary N) is 4. The fourth-order valence-corrected chi connectivity index (χ4v) is 2.24. The largest absolute Gasteiger partial charge is 0.379 e. The summed E-state index contributed by atoms with van der Waals surface area (Å²) in [6.45, 7) is 6.34. The lowest BCUT2D eigenvalue weighted by atomic mass is 10.1. The number of hydrogen-bond acceptors (Lipinski definition) is 5. The van der Waals surface area contributed by atoms with E-state index in [-0.39, 0.29) is 0 Å². The van der Waals surface area contributed by atoms with Crippen molar-refractivity contribution in [1.82, 2.24) is 21.2 Å². The van der Waals surface area contributed by atoms with Gasteiger partial charge < -0.3 is 16.1 Å². The van der Waals surface area contributed by atoms with E-state index in [9.17, 15) is 0 Å². The Bertz CT molecular complexity index is 514. The van der Waals surface area contributed by atoms with Crippen LogP contribution in [0.1, 0.15) is 26.0 Å². The smallest absolute Gasteiger partial charge is 0.0529 e. The lowest BCUT2D eigenvalue weighted by Crippen LogP contribution is -2.51. The van der Waals surface area contributed by atoms with Gasteiger partial charge in [-0.25, -0.2) is 5.43 Å². The minimum absolute atomic E-state index is 0.548. The molecule has 120 valence electrons. The molecule has 22 heavy (non-hydrogen) atoms. The van der Waals surface area contributed by atoms with Crippen molar-refractivity contribution in [3.05, 3.63) is 47.4 Å². The van der Waals surface area contributed by atoms with Crippen LogP contribution in [0.2, 0.25) is 0 Å². The second kappa shape index (κ2) is 8.56. The van der Waals surface area contributed by atoms with Crippen LogP contribution in [0.25, 0.3) is 0 Å². The molecule has 0 atom stereocenters. The molecule has 0 amide bonds. The first-order valence-electron chi connectivity index (χ1n) is 7.92. The van der Waals surface area contributed by atoms with Crippen molar-refractivity contribution in [2.24, 2.45) is 0 Å². The van der Waals surface area contributed by atoms with Crippen molar-refractivity contribution in [2.45, 2.75) is 32.7 Å². The molecule has 1 fully saturated rings. The van der Waals surface area contributed by atoms with Crippen molar-refractivity contribution in [3.63, 3.8) is 0 Å². The van der Waals surface area contributed by atoms with Gasteiger partial charge in [0.2, 0.25) is 0 Å². The van der Waals surface area contributed by atoms with Gasteiger partial charge in [0.15, 0.2) is 0 Å². The normalized spacial score (nSPS) is 16.3. The van der Waals surface area contributed by atoms with Crippen LogP contribution in [0.15, 0.2) is 41.8 Å². The molecule has 0 aliphatic carbocycles. The summed E-state index contributed by atoms with van der Waals surface area (Å²) in [5.74, 6) is 0. The van der Waals surface area contributed by atoms with E-state index in [2.05, 4.69) is 64.6 Å². The molecule has 2 heterocycles. The van der Waals surface area contributed by atoms with Gasteiger partial charge in [0.05, 0.1) is 17.9 Å². The van der Waals surface area contributed by atoms with Crippen LogP contribution in [-0.2, 0) is 6.42 Å². The summed E-state index contributed by atoms with van der Waals surface area (Å²) >= 11 is 0. The second-order valence-corrected chi connectivity index (χ2v) is 5.65.